The molecule has 258 valence electrons. The molecule has 11 aromatic rings. The van der Waals surface area contributed by atoms with E-state index in [0.29, 0.717) is 0 Å². The molecule has 9 aromatic carbocycles. The summed E-state index contributed by atoms with van der Waals surface area (Å²) in [5.74, 6) is 0. The van der Waals surface area contributed by atoms with Gasteiger partial charge in [0.2, 0.25) is 0 Å². The summed E-state index contributed by atoms with van der Waals surface area (Å²) in [5.41, 5.74) is 13.6. The van der Waals surface area contributed by atoms with Crippen molar-refractivity contribution in [2.75, 3.05) is 4.90 Å². The van der Waals surface area contributed by atoms with Gasteiger partial charge in [-0.05, 0) is 87.3 Å². The summed E-state index contributed by atoms with van der Waals surface area (Å²) in [7, 11) is 0. The smallest absolute Gasteiger partial charge is 0.159 e. The first-order valence-electron chi connectivity index (χ1n) is 18.7. The molecule has 0 radical (unpaired) electrons. The molecule has 0 unspecified atom stereocenters. The van der Waals surface area contributed by atoms with Crippen LogP contribution in [0.25, 0.3) is 88.0 Å². The molecule has 0 aliphatic heterocycles. The molecule has 3 nitrogen and oxygen atoms in total. The van der Waals surface area contributed by atoms with E-state index >= 15 is 0 Å². The van der Waals surface area contributed by atoms with Crippen molar-refractivity contribution < 1.29 is 8.83 Å². The second-order valence-electron chi connectivity index (χ2n) is 14.0. The van der Waals surface area contributed by atoms with Crippen molar-refractivity contribution in [2.45, 2.75) is 0 Å². The van der Waals surface area contributed by atoms with E-state index in [4.69, 9.17) is 8.83 Å². The number of furan rings is 2. The van der Waals surface area contributed by atoms with Crippen LogP contribution in [-0.4, -0.2) is 0 Å². The zero-order valence-electron chi connectivity index (χ0n) is 29.8. The fourth-order valence-electron chi connectivity index (χ4n) is 8.29. The second-order valence-corrected chi connectivity index (χ2v) is 14.0. The molecular weight excluding hydrogens is 671 g/mol. The normalized spacial score (nSPS) is 11.6. The highest BCUT2D eigenvalue weighted by Gasteiger charge is 2.24. The zero-order valence-corrected chi connectivity index (χ0v) is 29.8. The number of rotatable bonds is 6. The fourth-order valence-corrected chi connectivity index (χ4v) is 8.29. The van der Waals surface area contributed by atoms with Crippen LogP contribution in [0.3, 0.4) is 0 Å². The van der Waals surface area contributed by atoms with Gasteiger partial charge in [-0.15, -0.1) is 0 Å². The highest BCUT2D eigenvalue weighted by Crippen LogP contribution is 2.47. The lowest BCUT2D eigenvalue weighted by Gasteiger charge is -2.26. The molecule has 0 atom stereocenters. The first-order chi connectivity index (χ1) is 27.3. The number of benzene rings is 9. The number of fused-ring (bicyclic) bond motifs is 8. The lowest BCUT2D eigenvalue weighted by Crippen LogP contribution is -2.10. The van der Waals surface area contributed by atoms with E-state index in [1.54, 1.807) is 0 Å². The van der Waals surface area contributed by atoms with Gasteiger partial charge in [-0.1, -0.05) is 152 Å². The molecule has 0 amide bonds. The van der Waals surface area contributed by atoms with Crippen LogP contribution in [0.15, 0.2) is 209 Å². The molecule has 0 aliphatic rings. The molecule has 0 saturated carbocycles. The molecule has 2 aromatic heterocycles. The summed E-state index contributed by atoms with van der Waals surface area (Å²) >= 11 is 0. The summed E-state index contributed by atoms with van der Waals surface area (Å²) in [5, 5.41) is 6.57. The topological polar surface area (TPSA) is 29.5 Å². The summed E-state index contributed by atoms with van der Waals surface area (Å²) in [6.45, 7) is 0. The van der Waals surface area contributed by atoms with Gasteiger partial charge in [0.25, 0.3) is 0 Å². The molecule has 0 saturated heterocycles. The molecule has 0 aliphatic carbocycles. The molecule has 0 spiro atoms. The zero-order chi connectivity index (χ0) is 36.3. The second kappa shape index (κ2) is 12.6. The van der Waals surface area contributed by atoms with E-state index in [0.717, 1.165) is 82.8 Å². The lowest BCUT2D eigenvalue weighted by atomic mass is 9.91. The van der Waals surface area contributed by atoms with Gasteiger partial charge in [0.05, 0.1) is 16.8 Å². The van der Waals surface area contributed by atoms with Crippen LogP contribution in [0.5, 0.6) is 0 Å². The van der Waals surface area contributed by atoms with Crippen LogP contribution in [0, 0.1) is 0 Å². The van der Waals surface area contributed by atoms with Gasteiger partial charge in [0, 0.05) is 27.2 Å². The van der Waals surface area contributed by atoms with Crippen molar-refractivity contribution >= 4 is 71.7 Å². The predicted molar refractivity (Wildman–Crippen MR) is 229 cm³/mol. The number of nitrogens with zero attached hydrogens (tertiary/aromatic N) is 1. The van der Waals surface area contributed by atoms with Crippen LogP contribution in [0.4, 0.5) is 17.1 Å². The minimum absolute atomic E-state index is 0.840. The maximum atomic E-state index is 6.68. The molecule has 11 rings (SSSR count). The molecule has 3 heteroatoms. The Morgan fingerprint density at radius 2 is 0.945 bits per heavy atom. The standard InChI is InChI=1S/C52H33NO2/c1-3-13-35(14-4-1)40-31-28-38(33-45(40)36-15-5-2-6-16-36)34-25-29-39(30-26-34)53(47-22-11-20-43-42-19-9-10-23-48(42)54-52(43)47)46-21-12-24-49-50(46)44-32-27-37-17-7-8-18-41(37)51(44)55-49/h1-33H. The Hall–Kier alpha value is -7.36. The van der Waals surface area contributed by atoms with E-state index in [2.05, 4.69) is 193 Å². The Morgan fingerprint density at radius 3 is 1.76 bits per heavy atom. The third kappa shape index (κ3) is 5.13. The van der Waals surface area contributed by atoms with Gasteiger partial charge in [0.1, 0.15) is 16.7 Å². The first kappa shape index (κ1) is 31.2. The van der Waals surface area contributed by atoms with E-state index < -0.39 is 0 Å². The monoisotopic (exact) mass is 703 g/mol. The highest BCUT2D eigenvalue weighted by atomic mass is 16.3. The van der Waals surface area contributed by atoms with Crippen LogP contribution in [-0.2, 0) is 0 Å². The minimum atomic E-state index is 0.840. The fraction of sp³-hybridized carbons (Fsp3) is 0. The van der Waals surface area contributed by atoms with Crippen molar-refractivity contribution in [3.05, 3.63) is 200 Å². The summed E-state index contributed by atoms with van der Waals surface area (Å²) in [4.78, 5) is 2.33. The van der Waals surface area contributed by atoms with Gasteiger partial charge in [-0.25, -0.2) is 0 Å². The summed E-state index contributed by atoms with van der Waals surface area (Å²) in [6, 6.07) is 70.9. The first-order valence-corrected chi connectivity index (χ1v) is 18.7. The SMILES string of the molecule is c1ccc(-c2ccc(-c3ccc(N(c4cccc5c4oc4ccccc45)c4cccc5oc6c7ccccc7ccc6c45)cc3)cc2-c2ccccc2)cc1. The van der Waals surface area contributed by atoms with Crippen LogP contribution in [0.2, 0.25) is 0 Å². The molecule has 2 heterocycles. The van der Waals surface area contributed by atoms with Crippen LogP contribution in [0.1, 0.15) is 0 Å². The maximum Gasteiger partial charge on any atom is 0.159 e. The highest BCUT2D eigenvalue weighted by molar-refractivity contribution is 6.20. The van der Waals surface area contributed by atoms with Crippen molar-refractivity contribution in [3.8, 4) is 33.4 Å². The third-order valence-corrected chi connectivity index (χ3v) is 10.9. The average molecular weight is 704 g/mol. The van der Waals surface area contributed by atoms with Crippen molar-refractivity contribution in [3.63, 3.8) is 0 Å². The van der Waals surface area contributed by atoms with Crippen LogP contribution < -0.4 is 4.90 Å². The summed E-state index contributed by atoms with van der Waals surface area (Å²) in [6.07, 6.45) is 0. The molecular formula is C52H33NO2. The number of anilines is 3. The molecule has 0 bridgehead atoms. The average Bonchev–Trinajstić information content (AvgIpc) is 3.84. The Labute approximate surface area is 317 Å². The van der Waals surface area contributed by atoms with Gasteiger partial charge in [-0.2, -0.15) is 0 Å². The number of para-hydroxylation sites is 2. The lowest BCUT2D eigenvalue weighted by molar-refractivity contribution is 0.669. The Balaban J connectivity index is 1.11. The number of hydrogen-bond donors (Lipinski definition) is 0. The largest absolute Gasteiger partial charge is 0.455 e. The quantitative estimate of drug-likeness (QED) is 0.173. The Morgan fingerprint density at radius 1 is 0.327 bits per heavy atom. The van der Waals surface area contributed by atoms with Crippen molar-refractivity contribution in [1.82, 2.24) is 0 Å². The maximum absolute atomic E-state index is 6.68. The Kier molecular flexibility index (Phi) is 7.17. The van der Waals surface area contributed by atoms with Gasteiger partial charge < -0.3 is 13.7 Å². The van der Waals surface area contributed by atoms with E-state index in [1.165, 1.54) is 22.3 Å². The third-order valence-electron chi connectivity index (χ3n) is 10.9. The number of hydrogen-bond acceptors (Lipinski definition) is 3. The van der Waals surface area contributed by atoms with E-state index in [9.17, 15) is 0 Å². The predicted octanol–water partition coefficient (Wildman–Crippen LogP) is 15.1. The van der Waals surface area contributed by atoms with Gasteiger partial charge >= 0.3 is 0 Å². The van der Waals surface area contributed by atoms with E-state index in [1.807, 2.05) is 12.1 Å². The van der Waals surface area contributed by atoms with Crippen LogP contribution >= 0.6 is 0 Å². The molecule has 55 heavy (non-hydrogen) atoms. The molecule has 0 fully saturated rings. The van der Waals surface area contributed by atoms with Crippen molar-refractivity contribution in [1.29, 1.82) is 0 Å². The molecule has 0 N–H and O–H groups in total. The van der Waals surface area contributed by atoms with Gasteiger partial charge in [-0.3, -0.25) is 0 Å². The van der Waals surface area contributed by atoms with Gasteiger partial charge in [0.15, 0.2) is 5.58 Å². The van der Waals surface area contributed by atoms with E-state index in [-0.39, 0.29) is 0 Å². The minimum Gasteiger partial charge on any atom is -0.455 e. The van der Waals surface area contributed by atoms with Crippen molar-refractivity contribution in [2.24, 2.45) is 0 Å². The summed E-state index contributed by atoms with van der Waals surface area (Å²) < 4.78 is 13.4. The Bertz CT molecular complexity index is 3190.